The quantitative estimate of drug-likeness (QED) is 0.757. The third-order valence-corrected chi connectivity index (χ3v) is 3.97. The summed E-state index contributed by atoms with van der Waals surface area (Å²) in [6.45, 7) is 12.2. The van der Waals surface area contributed by atoms with Gasteiger partial charge in [-0.25, -0.2) is 0 Å². The van der Waals surface area contributed by atoms with E-state index in [0.717, 1.165) is 25.6 Å². The van der Waals surface area contributed by atoms with Crippen LogP contribution >= 0.6 is 0 Å². The van der Waals surface area contributed by atoms with E-state index in [-0.39, 0.29) is 0 Å². The molecular weight excluding hydrogens is 224 g/mol. The number of ether oxygens (including phenoxy) is 1. The highest BCUT2D eigenvalue weighted by molar-refractivity contribution is 4.83. The minimum atomic E-state index is 0.360. The molecule has 3 heteroatoms. The number of hydrogen-bond donors (Lipinski definition) is 1. The second-order valence-electron chi connectivity index (χ2n) is 6.22. The van der Waals surface area contributed by atoms with Crippen LogP contribution in [0.4, 0.5) is 0 Å². The minimum Gasteiger partial charge on any atom is -0.374 e. The SMILES string of the molecule is CNC(CCCC(C)C)C1CN(C(C)C)CCO1. The Morgan fingerprint density at radius 1 is 1.22 bits per heavy atom. The Labute approximate surface area is 113 Å². The summed E-state index contributed by atoms with van der Waals surface area (Å²) in [6.07, 6.45) is 4.20. The number of rotatable bonds is 7. The average Bonchev–Trinajstić information content (AvgIpc) is 2.34. The summed E-state index contributed by atoms with van der Waals surface area (Å²) >= 11 is 0. The van der Waals surface area contributed by atoms with Crippen molar-refractivity contribution in [1.82, 2.24) is 10.2 Å². The van der Waals surface area contributed by atoms with E-state index >= 15 is 0 Å². The predicted molar refractivity (Wildman–Crippen MR) is 78.0 cm³/mol. The van der Waals surface area contributed by atoms with Gasteiger partial charge in [-0.2, -0.15) is 0 Å². The summed E-state index contributed by atoms with van der Waals surface area (Å²) in [5, 5.41) is 3.45. The van der Waals surface area contributed by atoms with Crippen LogP contribution in [0.3, 0.4) is 0 Å². The standard InChI is InChI=1S/C15H32N2O/c1-12(2)7-6-8-14(16-5)15-11-17(13(3)4)9-10-18-15/h12-16H,6-11H2,1-5H3. The first kappa shape index (κ1) is 15.9. The number of nitrogens with zero attached hydrogens (tertiary/aromatic N) is 1. The molecule has 0 saturated carbocycles. The molecule has 2 atom stereocenters. The normalized spacial score (nSPS) is 23.8. The molecule has 3 nitrogen and oxygen atoms in total. The molecule has 0 aromatic rings. The Morgan fingerprint density at radius 3 is 2.50 bits per heavy atom. The number of hydrogen-bond acceptors (Lipinski definition) is 3. The van der Waals surface area contributed by atoms with Crippen molar-refractivity contribution >= 4 is 0 Å². The lowest BCUT2D eigenvalue weighted by Gasteiger charge is -2.39. The van der Waals surface area contributed by atoms with Crippen molar-refractivity contribution in [2.24, 2.45) is 5.92 Å². The van der Waals surface area contributed by atoms with Crippen molar-refractivity contribution in [2.75, 3.05) is 26.7 Å². The molecule has 1 saturated heterocycles. The Balaban J connectivity index is 2.38. The van der Waals surface area contributed by atoms with Gasteiger partial charge in [-0.1, -0.05) is 26.7 Å². The van der Waals surface area contributed by atoms with Gasteiger partial charge in [0.1, 0.15) is 0 Å². The van der Waals surface area contributed by atoms with Gasteiger partial charge in [0.05, 0.1) is 12.7 Å². The third kappa shape index (κ3) is 5.25. The van der Waals surface area contributed by atoms with Crippen LogP contribution in [0.5, 0.6) is 0 Å². The first-order valence-electron chi connectivity index (χ1n) is 7.57. The van der Waals surface area contributed by atoms with Crippen molar-refractivity contribution in [2.45, 2.75) is 65.1 Å². The molecule has 108 valence electrons. The fourth-order valence-corrected chi connectivity index (χ4v) is 2.67. The lowest BCUT2D eigenvalue weighted by molar-refractivity contribution is -0.0558. The number of morpholine rings is 1. The van der Waals surface area contributed by atoms with Crippen LogP contribution < -0.4 is 5.32 Å². The molecule has 0 spiro atoms. The fourth-order valence-electron chi connectivity index (χ4n) is 2.67. The van der Waals surface area contributed by atoms with E-state index in [2.05, 4.69) is 45.0 Å². The van der Waals surface area contributed by atoms with Crippen molar-refractivity contribution < 1.29 is 4.74 Å². The zero-order chi connectivity index (χ0) is 13.5. The minimum absolute atomic E-state index is 0.360. The van der Waals surface area contributed by atoms with Crippen molar-refractivity contribution in [3.63, 3.8) is 0 Å². The smallest absolute Gasteiger partial charge is 0.0855 e. The van der Waals surface area contributed by atoms with E-state index in [1.54, 1.807) is 0 Å². The van der Waals surface area contributed by atoms with Gasteiger partial charge in [0, 0.05) is 25.2 Å². The molecule has 0 radical (unpaired) electrons. The van der Waals surface area contributed by atoms with Crippen LogP contribution in [0.25, 0.3) is 0 Å². The Kier molecular flexibility index (Phi) is 7.20. The highest BCUT2D eigenvalue weighted by atomic mass is 16.5. The van der Waals surface area contributed by atoms with Gasteiger partial charge >= 0.3 is 0 Å². The highest BCUT2D eigenvalue weighted by Crippen LogP contribution is 2.16. The Hall–Kier alpha value is -0.120. The molecule has 1 N–H and O–H groups in total. The third-order valence-electron chi connectivity index (χ3n) is 3.97. The van der Waals surface area contributed by atoms with E-state index in [9.17, 15) is 0 Å². The predicted octanol–water partition coefficient (Wildman–Crippen LogP) is 2.51. The zero-order valence-corrected chi connectivity index (χ0v) is 12.9. The summed E-state index contributed by atoms with van der Waals surface area (Å²) < 4.78 is 5.96. The van der Waals surface area contributed by atoms with Crippen molar-refractivity contribution in [3.05, 3.63) is 0 Å². The van der Waals surface area contributed by atoms with Crippen molar-refractivity contribution in [3.8, 4) is 0 Å². The largest absolute Gasteiger partial charge is 0.374 e. The van der Waals surface area contributed by atoms with Crippen LogP contribution in [-0.4, -0.2) is 49.8 Å². The van der Waals surface area contributed by atoms with E-state index in [1.807, 2.05) is 0 Å². The molecule has 1 aliphatic heterocycles. The van der Waals surface area contributed by atoms with E-state index in [0.29, 0.717) is 18.2 Å². The molecule has 2 unspecified atom stereocenters. The van der Waals surface area contributed by atoms with Crippen LogP contribution in [0.2, 0.25) is 0 Å². The van der Waals surface area contributed by atoms with Gasteiger partial charge in [0.2, 0.25) is 0 Å². The molecule has 1 fully saturated rings. The van der Waals surface area contributed by atoms with E-state index in [1.165, 1.54) is 19.3 Å². The van der Waals surface area contributed by atoms with E-state index in [4.69, 9.17) is 4.74 Å². The Bertz CT molecular complexity index is 219. The van der Waals surface area contributed by atoms with Gasteiger partial charge in [0.25, 0.3) is 0 Å². The molecule has 0 aliphatic carbocycles. The summed E-state index contributed by atoms with van der Waals surface area (Å²) in [5.74, 6) is 0.807. The first-order chi connectivity index (χ1) is 8.54. The van der Waals surface area contributed by atoms with Gasteiger partial charge in [-0.05, 0) is 33.2 Å². The number of nitrogens with one attached hydrogen (secondary N) is 1. The lowest BCUT2D eigenvalue weighted by atomic mass is 9.98. The highest BCUT2D eigenvalue weighted by Gasteiger charge is 2.27. The monoisotopic (exact) mass is 256 g/mol. The maximum Gasteiger partial charge on any atom is 0.0855 e. The second-order valence-corrected chi connectivity index (χ2v) is 6.22. The summed E-state index contributed by atoms with van der Waals surface area (Å²) in [5.41, 5.74) is 0. The molecule has 0 amide bonds. The number of likely N-dealkylation sites (N-methyl/N-ethyl adjacent to an activating group) is 1. The van der Waals surface area contributed by atoms with Gasteiger partial charge in [-0.3, -0.25) is 4.90 Å². The molecular formula is C15H32N2O. The van der Waals surface area contributed by atoms with Crippen LogP contribution in [-0.2, 0) is 4.74 Å². The van der Waals surface area contributed by atoms with Crippen molar-refractivity contribution in [1.29, 1.82) is 0 Å². The van der Waals surface area contributed by atoms with Crippen LogP contribution in [0.15, 0.2) is 0 Å². The maximum atomic E-state index is 5.96. The second kappa shape index (κ2) is 8.13. The topological polar surface area (TPSA) is 24.5 Å². The summed E-state index contributed by atoms with van der Waals surface area (Å²) in [4.78, 5) is 2.53. The van der Waals surface area contributed by atoms with Gasteiger partial charge in [0.15, 0.2) is 0 Å². The molecule has 18 heavy (non-hydrogen) atoms. The lowest BCUT2D eigenvalue weighted by Crippen LogP contribution is -2.53. The Morgan fingerprint density at radius 2 is 1.94 bits per heavy atom. The first-order valence-corrected chi connectivity index (χ1v) is 7.57. The maximum absolute atomic E-state index is 5.96. The summed E-state index contributed by atoms with van der Waals surface area (Å²) in [6, 6.07) is 1.13. The molecule has 0 aromatic heterocycles. The molecule has 0 bridgehead atoms. The average molecular weight is 256 g/mol. The van der Waals surface area contributed by atoms with Crippen LogP contribution in [0, 0.1) is 5.92 Å². The van der Waals surface area contributed by atoms with Gasteiger partial charge < -0.3 is 10.1 Å². The zero-order valence-electron chi connectivity index (χ0n) is 12.9. The fraction of sp³-hybridized carbons (Fsp3) is 1.00. The van der Waals surface area contributed by atoms with Gasteiger partial charge in [-0.15, -0.1) is 0 Å². The van der Waals surface area contributed by atoms with Crippen LogP contribution in [0.1, 0.15) is 47.0 Å². The summed E-state index contributed by atoms with van der Waals surface area (Å²) in [7, 11) is 2.07. The molecule has 1 aliphatic rings. The van der Waals surface area contributed by atoms with E-state index < -0.39 is 0 Å². The molecule has 1 heterocycles. The molecule has 1 rings (SSSR count). The molecule has 0 aromatic carbocycles.